The van der Waals surface area contributed by atoms with Crippen molar-refractivity contribution < 1.29 is 14.3 Å². The van der Waals surface area contributed by atoms with Crippen LogP contribution in [0.1, 0.15) is 33.1 Å². The molecule has 0 bridgehead atoms. The number of carbonyl (C=O) groups excluding carboxylic acids is 1. The normalized spacial score (nSPS) is 13.9. The summed E-state index contributed by atoms with van der Waals surface area (Å²) in [5.41, 5.74) is 0.756. The maximum absolute atomic E-state index is 13.1. The highest BCUT2D eigenvalue weighted by Gasteiger charge is 2.32. The van der Waals surface area contributed by atoms with Crippen molar-refractivity contribution in [2.45, 2.75) is 33.1 Å². The molecule has 3 rings (SSSR count). The molecule has 28 heavy (non-hydrogen) atoms. The van der Waals surface area contributed by atoms with Gasteiger partial charge in [0.1, 0.15) is 21.7 Å². The van der Waals surface area contributed by atoms with Crippen LogP contribution in [0.25, 0.3) is 10.2 Å². The van der Waals surface area contributed by atoms with Crippen LogP contribution in [0.2, 0.25) is 0 Å². The molecule has 6 nitrogen and oxygen atoms in total. The largest absolute Gasteiger partial charge is 0.495 e. The minimum Gasteiger partial charge on any atom is -0.495 e. The lowest BCUT2D eigenvalue weighted by Crippen LogP contribution is -2.43. The van der Waals surface area contributed by atoms with Crippen LogP contribution in [0.15, 0.2) is 12.1 Å². The fourth-order valence-corrected chi connectivity index (χ4v) is 4.45. The number of anilines is 1. The molecule has 1 amide bonds. The predicted molar refractivity (Wildman–Crippen MR) is 117 cm³/mol. The summed E-state index contributed by atoms with van der Waals surface area (Å²) >= 11 is 1.50. The monoisotopic (exact) mass is 427 g/mol. The molecule has 1 saturated carbocycles. The van der Waals surface area contributed by atoms with E-state index in [4.69, 9.17) is 14.5 Å². The van der Waals surface area contributed by atoms with E-state index in [1.807, 2.05) is 17.0 Å². The number of ether oxygens (including phenoxy) is 2. The molecular formula is C20H30ClN3O3S. The third-order valence-electron chi connectivity index (χ3n) is 5.38. The fourth-order valence-electron chi connectivity index (χ4n) is 3.35. The first-order valence-electron chi connectivity index (χ1n) is 9.68. The van der Waals surface area contributed by atoms with Gasteiger partial charge in [-0.05, 0) is 38.1 Å². The molecule has 1 aliphatic carbocycles. The lowest BCUT2D eigenvalue weighted by Gasteiger charge is -2.31. The van der Waals surface area contributed by atoms with Crippen LogP contribution in [-0.4, -0.2) is 56.2 Å². The number of thiazole rings is 1. The lowest BCUT2D eigenvalue weighted by molar-refractivity contribution is -0.124. The molecule has 1 aromatic heterocycles. The van der Waals surface area contributed by atoms with Gasteiger partial charge >= 0.3 is 0 Å². The summed E-state index contributed by atoms with van der Waals surface area (Å²) in [5, 5.41) is 0.733. The van der Waals surface area contributed by atoms with Crippen LogP contribution in [0.3, 0.4) is 0 Å². The first kappa shape index (κ1) is 22.7. The van der Waals surface area contributed by atoms with E-state index < -0.39 is 0 Å². The third kappa shape index (κ3) is 4.53. The summed E-state index contributed by atoms with van der Waals surface area (Å²) in [7, 11) is 3.29. The number of hydrogen-bond acceptors (Lipinski definition) is 6. The number of fused-ring (bicyclic) bond motifs is 1. The molecule has 0 radical (unpaired) electrons. The molecule has 0 unspecified atom stereocenters. The van der Waals surface area contributed by atoms with Gasteiger partial charge in [-0.25, -0.2) is 4.98 Å². The Balaban J connectivity index is 0.00000280. The Kier molecular flexibility index (Phi) is 8.34. The summed E-state index contributed by atoms with van der Waals surface area (Å²) in [4.78, 5) is 22.1. The van der Waals surface area contributed by atoms with Crippen LogP contribution in [0.5, 0.6) is 11.5 Å². The Morgan fingerprint density at radius 3 is 2.32 bits per heavy atom. The number of benzene rings is 1. The quantitative estimate of drug-likeness (QED) is 0.600. The topological polar surface area (TPSA) is 54.9 Å². The second kappa shape index (κ2) is 10.3. The highest BCUT2D eigenvalue weighted by molar-refractivity contribution is 7.22. The summed E-state index contributed by atoms with van der Waals surface area (Å²) in [6, 6.07) is 3.75. The molecule has 1 aromatic carbocycles. The van der Waals surface area contributed by atoms with Crippen molar-refractivity contribution in [2.75, 3.05) is 45.3 Å². The van der Waals surface area contributed by atoms with Gasteiger partial charge in [0, 0.05) is 19.0 Å². The molecular weight excluding hydrogens is 398 g/mol. The number of rotatable bonds is 9. The van der Waals surface area contributed by atoms with Crippen LogP contribution in [-0.2, 0) is 4.79 Å². The Bertz CT molecular complexity index is 749. The molecule has 1 fully saturated rings. The Hall–Kier alpha value is -1.57. The standard InChI is InChI=1S/C20H29N3O3S.ClH/c1-5-22(6-2)12-13-23(19(24)14-8-7-9-14)20-21-17-15(25-3)10-11-16(26-4)18(17)27-20;/h10-11,14H,5-9,12-13H2,1-4H3;1H. The number of hydrogen-bond donors (Lipinski definition) is 0. The van der Waals surface area contributed by atoms with E-state index in [1.165, 1.54) is 11.3 Å². The number of carbonyl (C=O) groups is 1. The summed E-state index contributed by atoms with van der Waals surface area (Å²) in [6.07, 6.45) is 3.11. The highest BCUT2D eigenvalue weighted by Crippen LogP contribution is 2.41. The van der Waals surface area contributed by atoms with Crippen molar-refractivity contribution in [3.63, 3.8) is 0 Å². The smallest absolute Gasteiger partial charge is 0.231 e. The van der Waals surface area contributed by atoms with E-state index in [-0.39, 0.29) is 24.2 Å². The molecule has 156 valence electrons. The van der Waals surface area contributed by atoms with E-state index in [0.29, 0.717) is 12.3 Å². The summed E-state index contributed by atoms with van der Waals surface area (Å²) < 4.78 is 11.9. The van der Waals surface area contributed by atoms with Crippen molar-refractivity contribution in [3.8, 4) is 11.5 Å². The van der Waals surface area contributed by atoms with Gasteiger partial charge in [-0.3, -0.25) is 9.69 Å². The molecule has 2 aromatic rings. The van der Waals surface area contributed by atoms with Crippen LogP contribution >= 0.6 is 23.7 Å². The number of methoxy groups -OCH3 is 2. The zero-order chi connectivity index (χ0) is 19.4. The van der Waals surface area contributed by atoms with Crippen molar-refractivity contribution in [1.29, 1.82) is 0 Å². The average molecular weight is 428 g/mol. The van der Waals surface area contributed by atoms with Crippen LogP contribution in [0, 0.1) is 5.92 Å². The van der Waals surface area contributed by atoms with Gasteiger partial charge < -0.3 is 14.4 Å². The Morgan fingerprint density at radius 2 is 1.79 bits per heavy atom. The molecule has 0 aliphatic heterocycles. The number of halogens is 1. The lowest BCUT2D eigenvalue weighted by atomic mass is 9.84. The summed E-state index contributed by atoms with van der Waals surface area (Å²) in [6.45, 7) is 7.74. The molecule has 1 aliphatic rings. The van der Waals surface area contributed by atoms with Gasteiger partial charge in [-0.2, -0.15) is 0 Å². The summed E-state index contributed by atoms with van der Waals surface area (Å²) in [5.74, 6) is 1.80. The number of amides is 1. The van der Waals surface area contributed by atoms with Crippen molar-refractivity contribution >= 4 is 45.0 Å². The van der Waals surface area contributed by atoms with Crippen LogP contribution < -0.4 is 14.4 Å². The first-order chi connectivity index (χ1) is 13.1. The first-order valence-corrected chi connectivity index (χ1v) is 10.5. The fraction of sp³-hybridized carbons (Fsp3) is 0.600. The second-order valence-electron chi connectivity index (χ2n) is 6.79. The molecule has 1 heterocycles. The van der Waals surface area contributed by atoms with Gasteiger partial charge in [0.05, 0.1) is 14.2 Å². The minimum absolute atomic E-state index is 0. The SMILES string of the molecule is CCN(CC)CCN(C(=O)C1CCC1)c1nc2c(OC)ccc(OC)c2s1.Cl. The zero-order valence-electron chi connectivity index (χ0n) is 17.1. The highest BCUT2D eigenvalue weighted by atomic mass is 35.5. The molecule has 0 spiro atoms. The maximum Gasteiger partial charge on any atom is 0.231 e. The zero-order valence-corrected chi connectivity index (χ0v) is 18.7. The van der Waals surface area contributed by atoms with Gasteiger partial charge in [0.15, 0.2) is 5.13 Å². The van der Waals surface area contributed by atoms with E-state index >= 15 is 0 Å². The third-order valence-corrected chi connectivity index (χ3v) is 6.48. The van der Waals surface area contributed by atoms with Gasteiger partial charge in [0.2, 0.25) is 5.91 Å². The van der Waals surface area contributed by atoms with Crippen molar-refractivity contribution in [3.05, 3.63) is 12.1 Å². The molecule has 0 saturated heterocycles. The Morgan fingerprint density at radius 1 is 1.14 bits per heavy atom. The van der Waals surface area contributed by atoms with Gasteiger partial charge in [-0.15, -0.1) is 12.4 Å². The molecule has 0 atom stereocenters. The maximum atomic E-state index is 13.1. The predicted octanol–water partition coefficient (Wildman–Crippen LogP) is 4.21. The molecule has 0 N–H and O–H groups in total. The van der Waals surface area contributed by atoms with Crippen LogP contribution in [0.4, 0.5) is 5.13 Å². The van der Waals surface area contributed by atoms with Crippen molar-refractivity contribution in [2.24, 2.45) is 5.92 Å². The van der Waals surface area contributed by atoms with E-state index in [2.05, 4.69) is 18.7 Å². The number of likely N-dealkylation sites (N-methyl/N-ethyl adjacent to an activating group) is 1. The van der Waals surface area contributed by atoms with E-state index in [1.54, 1.807) is 14.2 Å². The number of aromatic nitrogens is 1. The van der Waals surface area contributed by atoms with E-state index in [9.17, 15) is 4.79 Å². The molecule has 8 heteroatoms. The average Bonchev–Trinajstić information content (AvgIpc) is 3.07. The van der Waals surface area contributed by atoms with E-state index in [0.717, 1.165) is 60.0 Å². The van der Waals surface area contributed by atoms with Crippen molar-refractivity contribution in [1.82, 2.24) is 9.88 Å². The second-order valence-corrected chi connectivity index (χ2v) is 7.77. The number of nitrogens with zero attached hydrogens (tertiary/aromatic N) is 3. The minimum atomic E-state index is 0. The van der Waals surface area contributed by atoms with Gasteiger partial charge in [0.25, 0.3) is 0 Å². The Labute approximate surface area is 177 Å². The van der Waals surface area contributed by atoms with Gasteiger partial charge in [-0.1, -0.05) is 31.6 Å².